The van der Waals surface area contributed by atoms with Crippen molar-refractivity contribution in [3.05, 3.63) is 69.7 Å². The van der Waals surface area contributed by atoms with Crippen molar-refractivity contribution >= 4 is 15.9 Å². The number of nitrogens with one attached hydrogen (secondary N) is 1. The summed E-state index contributed by atoms with van der Waals surface area (Å²) in [6.45, 7) is 3.06. The number of halogens is 1. The highest BCUT2D eigenvalue weighted by atomic mass is 79.9. The molecule has 21 heavy (non-hydrogen) atoms. The van der Waals surface area contributed by atoms with Gasteiger partial charge in [-0.15, -0.1) is 0 Å². The average molecular weight is 345 g/mol. The molecule has 0 bridgehead atoms. The summed E-state index contributed by atoms with van der Waals surface area (Å²) in [6, 6.07) is 17.9. The molecule has 0 spiro atoms. The van der Waals surface area contributed by atoms with Crippen LogP contribution in [0, 0.1) is 0 Å². The van der Waals surface area contributed by atoms with Gasteiger partial charge in [0.2, 0.25) is 0 Å². The highest BCUT2D eigenvalue weighted by Gasteiger charge is 2.18. The standard InChI is InChI=1S/C18H21BrN2/c1-21(12-14-6-8-17(19)9-7-14)13-18-10-15-4-2-3-5-16(15)11-20-18/h2-9,18,20H,10-13H2,1H3. The highest BCUT2D eigenvalue weighted by Crippen LogP contribution is 2.17. The minimum atomic E-state index is 0.542. The molecule has 1 atom stereocenters. The van der Waals surface area contributed by atoms with Crippen LogP contribution in [-0.2, 0) is 19.5 Å². The first-order valence-electron chi connectivity index (χ1n) is 7.44. The van der Waals surface area contributed by atoms with Crippen molar-refractivity contribution in [1.29, 1.82) is 0 Å². The second-order valence-corrected chi connectivity index (χ2v) is 6.79. The zero-order chi connectivity index (χ0) is 14.7. The van der Waals surface area contributed by atoms with E-state index >= 15 is 0 Å². The molecule has 2 aromatic carbocycles. The Kier molecular flexibility index (Phi) is 4.73. The third-order valence-corrected chi connectivity index (χ3v) is 4.59. The van der Waals surface area contributed by atoms with Crippen molar-refractivity contribution < 1.29 is 0 Å². The molecule has 1 aliphatic heterocycles. The van der Waals surface area contributed by atoms with E-state index in [1.807, 2.05) is 0 Å². The minimum absolute atomic E-state index is 0.542. The second kappa shape index (κ2) is 6.73. The lowest BCUT2D eigenvalue weighted by atomic mass is 9.95. The molecule has 0 saturated heterocycles. The van der Waals surface area contributed by atoms with E-state index in [4.69, 9.17) is 0 Å². The predicted molar refractivity (Wildman–Crippen MR) is 91.2 cm³/mol. The molecule has 1 heterocycles. The molecule has 1 aliphatic rings. The minimum Gasteiger partial charge on any atom is -0.308 e. The Morgan fingerprint density at radius 2 is 1.81 bits per heavy atom. The Hall–Kier alpha value is -1.16. The van der Waals surface area contributed by atoms with E-state index in [-0.39, 0.29) is 0 Å². The van der Waals surface area contributed by atoms with Crippen LogP contribution in [0.15, 0.2) is 53.0 Å². The molecule has 1 unspecified atom stereocenters. The van der Waals surface area contributed by atoms with Gasteiger partial charge in [0, 0.05) is 30.1 Å². The topological polar surface area (TPSA) is 15.3 Å². The zero-order valence-electron chi connectivity index (χ0n) is 12.3. The van der Waals surface area contributed by atoms with Gasteiger partial charge in [-0.25, -0.2) is 0 Å². The number of hydrogen-bond acceptors (Lipinski definition) is 2. The smallest absolute Gasteiger partial charge is 0.0238 e. The fraction of sp³-hybridized carbons (Fsp3) is 0.333. The number of fused-ring (bicyclic) bond motifs is 1. The number of nitrogens with zero attached hydrogens (tertiary/aromatic N) is 1. The molecule has 1 N–H and O–H groups in total. The van der Waals surface area contributed by atoms with Crippen molar-refractivity contribution in [2.24, 2.45) is 0 Å². The first-order valence-corrected chi connectivity index (χ1v) is 8.23. The van der Waals surface area contributed by atoms with Gasteiger partial charge in [-0.2, -0.15) is 0 Å². The summed E-state index contributed by atoms with van der Waals surface area (Å²) in [4.78, 5) is 2.40. The van der Waals surface area contributed by atoms with E-state index in [1.165, 1.54) is 16.7 Å². The van der Waals surface area contributed by atoms with E-state index in [1.54, 1.807) is 0 Å². The summed E-state index contributed by atoms with van der Waals surface area (Å²) in [5.74, 6) is 0. The van der Waals surface area contributed by atoms with Crippen molar-refractivity contribution in [3.8, 4) is 0 Å². The monoisotopic (exact) mass is 344 g/mol. The van der Waals surface area contributed by atoms with Gasteiger partial charge in [0.15, 0.2) is 0 Å². The van der Waals surface area contributed by atoms with E-state index in [0.717, 1.165) is 30.5 Å². The van der Waals surface area contributed by atoms with Gasteiger partial charge in [-0.3, -0.25) is 0 Å². The molecule has 0 radical (unpaired) electrons. The third-order valence-electron chi connectivity index (χ3n) is 4.06. The number of benzene rings is 2. The summed E-state index contributed by atoms with van der Waals surface area (Å²) in [7, 11) is 2.20. The molecular formula is C18H21BrN2. The largest absolute Gasteiger partial charge is 0.308 e. The lowest BCUT2D eigenvalue weighted by Gasteiger charge is -2.29. The summed E-state index contributed by atoms with van der Waals surface area (Å²) < 4.78 is 1.14. The molecular weight excluding hydrogens is 324 g/mol. The number of rotatable bonds is 4. The number of hydrogen-bond donors (Lipinski definition) is 1. The van der Waals surface area contributed by atoms with Crippen molar-refractivity contribution in [3.63, 3.8) is 0 Å². The Bertz CT molecular complexity index is 594. The maximum absolute atomic E-state index is 3.65. The lowest BCUT2D eigenvalue weighted by Crippen LogP contribution is -2.43. The summed E-state index contributed by atoms with van der Waals surface area (Å²) >= 11 is 3.48. The first-order chi connectivity index (χ1) is 10.2. The van der Waals surface area contributed by atoms with Crippen LogP contribution in [0.5, 0.6) is 0 Å². The third kappa shape index (κ3) is 3.94. The maximum Gasteiger partial charge on any atom is 0.0238 e. The van der Waals surface area contributed by atoms with Crippen LogP contribution < -0.4 is 5.32 Å². The average Bonchev–Trinajstić information content (AvgIpc) is 2.49. The Balaban J connectivity index is 1.56. The van der Waals surface area contributed by atoms with Crippen molar-refractivity contribution in [1.82, 2.24) is 10.2 Å². The van der Waals surface area contributed by atoms with E-state index in [0.29, 0.717) is 6.04 Å². The predicted octanol–water partition coefficient (Wildman–Crippen LogP) is 3.60. The van der Waals surface area contributed by atoms with Crippen LogP contribution in [0.4, 0.5) is 0 Å². The van der Waals surface area contributed by atoms with E-state index < -0.39 is 0 Å². The van der Waals surface area contributed by atoms with Crippen LogP contribution in [0.1, 0.15) is 16.7 Å². The van der Waals surface area contributed by atoms with Crippen LogP contribution >= 0.6 is 15.9 Å². The van der Waals surface area contributed by atoms with Crippen LogP contribution in [0.3, 0.4) is 0 Å². The van der Waals surface area contributed by atoms with Gasteiger partial charge in [0.1, 0.15) is 0 Å². The van der Waals surface area contributed by atoms with Crippen LogP contribution in [-0.4, -0.2) is 24.5 Å². The molecule has 3 rings (SSSR count). The van der Waals surface area contributed by atoms with E-state index in [2.05, 4.69) is 81.7 Å². The Labute approximate surface area is 135 Å². The van der Waals surface area contributed by atoms with Gasteiger partial charge in [-0.1, -0.05) is 52.3 Å². The molecule has 0 amide bonds. The SMILES string of the molecule is CN(Cc1ccc(Br)cc1)CC1Cc2ccccc2CN1. The quantitative estimate of drug-likeness (QED) is 0.911. The van der Waals surface area contributed by atoms with Gasteiger partial charge in [0.05, 0.1) is 0 Å². The fourth-order valence-corrected chi connectivity index (χ4v) is 3.26. The zero-order valence-corrected chi connectivity index (χ0v) is 13.9. The molecule has 0 aliphatic carbocycles. The van der Waals surface area contributed by atoms with Gasteiger partial charge < -0.3 is 10.2 Å². The normalized spacial score (nSPS) is 17.8. The van der Waals surface area contributed by atoms with Gasteiger partial charge in [-0.05, 0) is 42.3 Å². The van der Waals surface area contributed by atoms with E-state index in [9.17, 15) is 0 Å². The lowest BCUT2D eigenvalue weighted by molar-refractivity contribution is 0.274. The highest BCUT2D eigenvalue weighted by molar-refractivity contribution is 9.10. The molecule has 3 heteroatoms. The van der Waals surface area contributed by atoms with Crippen LogP contribution in [0.2, 0.25) is 0 Å². The second-order valence-electron chi connectivity index (χ2n) is 5.87. The van der Waals surface area contributed by atoms with Crippen LogP contribution in [0.25, 0.3) is 0 Å². The molecule has 2 aromatic rings. The first kappa shape index (κ1) is 14.8. The Morgan fingerprint density at radius 3 is 2.57 bits per heavy atom. The number of likely N-dealkylation sites (N-methyl/N-ethyl adjacent to an activating group) is 1. The maximum atomic E-state index is 3.65. The molecule has 110 valence electrons. The summed E-state index contributed by atoms with van der Waals surface area (Å²) in [5.41, 5.74) is 4.31. The molecule has 2 nitrogen and oxygen atoms in total. The fourth-order valence-electron chi connectivity index (χ4n) is 2.99. The van der Waals surface area contributed by atoms with Gasteiger partial charge >= 0.3 is 0 Å². The molecule has 0 saturated carbocycles. The molecule has 0 aromatic heterocycles. The summed E-state index contributed by atoms with van der Waals surface area (Å²) in [6.07, 6.45) is 1.13. The summed E-state index contributed by atoms with van der Waals surface area (Å²) in [5, 5.41) is 3.65. The van der Waals surface area contributed by atoms with Crippen molar-refractivity contribution in [2.75, 3.05) is 13.6 Å². The van der Waals surface area contributed by atoms with Gasteiger partial charge in [0.25, 0.3) is 0 Å². The molecule has 0 fully saturated rings. The Morgan fingerprint density at radius 1 is 1.10 bits per heavy atom. The van der Waals surface area contributed by atoms with Crippen molar-refractivity contribution in [2.45, 2.75) is 25.6 Å².